The summed E-state index contributed by atoms with van der Waals surface area (Å²) in [5.74, 6) is 1.68. The minimum absolute atomic E-state index is 0.147. The van der Waals surface area contributed by atoms with Crippen LogP contribution in [0.1, 0.15) is 5.56 Å². The summed E-state index contributed by atoms with van der Waals surface area (Å²) in [6.07, 6.45) is 0.183. The molecule has 0 saturated carbocycles. The molecule has 0 aromatic heterocycles. The van der Waals surface area contributed by atoms with E-state index in [0.717, 1.165) is 11.3 Å². The first-order valence-corrected chi connectivity index (χ1v) is 8.63. The van der Waals surface area contributed by atoms with E-state index in [1.54, 1.807) is 43.5 Å². The van der Waals surface area contributed by atoms with E-state index in [-0.39, 0.29) is 12.3 Å². The first-order valence-electron chi connectivity index (χ1n) is 8.25. The van der Waals surface area contributed by atoms with Crippen LogP contribution in [-0.4, -0.2) is 39.4 Å². The van der Waals surface area contributed by atoms with Gasteiger partial charge in [0.1, 0.15) is 25.6 Å². The van der Waals surface area contributed by atoms with E-state index >= 15 is 0 Å². The van der Waals surface area contributed by atoms with Gasteiger partial charge in [0.15, 0.2) is 11.5 Å². The molecule has 138 valence electrons. The number of fused-ring (bicyclic) bond motifs is 1. The van der Waals surface area contributed by atoms with Crippen molar-refractivity contribution in [3.63, 3.8) is 0 Å². The molecular formula is C19H20ClNO5. The fraction of sp³-hybridized carbons (Fsp3) is 0.316. The lowest BCUT2D eigenvalue weighted by Gasteiger charge is -2.20. The Balaban J connectivity index is 1.58. The summed E-state index contributed by atoms with van der Waals surface area (Å²) in [5.41, 5.74) is 1.45. The van der Waals surface area contributed by atoms with Crippen molar-refractivity contribution in [2.24, 2.45) is 0 Å². The first kappa shape index (κ1) is 18.4. The molecule has 1 heterocycles. The van der Waals surface area contributed by atoms with Crippen molar-refractivity contribution >= 4 is 23.2 Å². The van der Waals surface area contributed by atoms with Crippen LogP contribution in [0.2, 0.25) is 5.02 Å². The number of hydrogen-bond acceptors (Lipinski definition) is 5. The van der Waals surface area contributed by atoms with Crippen LogP contribution in [0.15, 0.2) is 36.4 Å². The molecule has 0 bridgehead atoms. The smallest absolute Gasteiger partial charge is 0.228 e. The van der Waals surface area contributed by atoms with Crippen molar-refractivity contribution in [2.45, 2.75) is 6.42 Å². The number of carbonyl (C=O) groups excluding carboxylic acids is 1. The van der Waals surface area contributed by atoms with Crippen LogP contribution >= 0.6 is 11.6 Å². The quantitative estimate of drug-likeness (QED) is 0.750. The normalized spacial score (nSPS) is 12.5. The summed E-state index contributed by atoms with van der Waals surface area (Å²) in [7, 11) is 1.62. The highest BCUT2D eigenvalue weighted by molar-refractivity contribution is 6.32. The molecule has 0 fully saturated rings. The second-order valence-electron chi connectivity index (χ2n) is 5.69. The molecule has 3 rings (SSSR count). The van der Waals surface area contributed by atoms with Crippen molar-refractivity contribution in [3.8, 4) is 17.2 Å². The molecule has 0 spiro atoms. The van der Waals surface area contributed by atoms with Gasteiger partial charge >= 0.3 is 0 Å². The summed E-state index contributed by atoms with van der Waals surface area (Å²) in [5, 5.41) is 3.30. The number of methoxy groups -OCH3 is 1. The molecule has 0 saturated heterocycles. The Kier molecular flexibility index (Phi) is 6.20. The summed E-state index contributed by atoms with van der Waals surface area (Å²) in [6.45, 7) is 1.94. The SMILES string of the molecule is COCCOc1ccc(NC(=O)Cc2cc(Cl)c3c(c2)OCCO3)cc1. The number of carbonyl (C=O) groups is 1. The molecule has 0 radical (unpaired) electrons. The predicted molar refractivity (Wildman–Crippen MR) is 98.6 cm³/mol. The molecule has 6 nitrogen and oxygen atoms in total. The minimum atomic E-state index is -0.147. The van der Waals surface area contributed by atoms with Crippen LogP contribution in [0.3, 0.4) is 0 Å². The van der Waals surface area contributed by atoms with Gasteiger partial charge in [-0.05, 0) is 42.0 Å². The Labute approximate surface area is 157 Å². The van der Waals surface area contributed by atoms with Crippen LogP contribution in [0, 0.1) is 0 Å². The largest absolute Gasteiger partial charge is 0.491 e. The van der Waals surface area contributed by atoms with Crippen molar-refractivity contribution in [2.75, 3.05) is 38.9 Å². The van der Waals surface area contributed by atoms with Crippen LogP contribution in [0.4, 0.5) is 5.69 Å². The van der Waals surface area contributed by atoms with E-state index in [1.165, 1.54) is 0 Å². The average molecular weight is 378 g/mol. The zero-order chi connectivity index (χ0) is 18.4. The number of amides is 1. The lowest BCUT2D eigenvalue weighted by molar-refractivity contribution is -0.115. The van der Waals surface area contributed by atoms with Gasteiger partial charge in [-0.3, -0.25) is 4.79 Å². The Morgan fingerprint density at radius 2 is 1.92 bits per heavy atom. The average Bonchev–Trinajstić information content (AvgIpc) is 2.63. The Hall–Kier alpha value is -2.44. The van der Waals surface area contributed by atoms with Crippen LogP contribution in [0.5, 0.6) is 17.2 Å². The fourth-order valence-electron chi connectivity index (χ4n) is 2.53. The molecule has 26 heavy (non-hydrogen) atoms. The number of anilines is 1. The number of ether oxygens (including phenoxy) is 4. The van der Waals surface area contributed by atoms with Gasteiger partial charge in [-0.2, -0.15) is 0 Å². The zero-order valence-electron chi connectivity index (χ0n) is 14.4. The second-order valence-corrected chi connectivity index (χ2v) is 6.10. The molecule has 2 aromatic rings. The molecule has 0 atom stereocenters. The van der Waals surface area contributed by atoms with E-state index in [4.69, 9.17) is 30.5 Å². The zero-order valence-corrected chi connectivity index (χ0v) is 15.2. The second kappa shape index (κ2) is 8.78. The molecule has 2 aromatic carbocycles. The van der Waals surface area contributed by atoms with Crippen molar-refractivity contribution < 1.29 is 23.7 Å². The summed E-state index contributed by atoms with van der Waals surface area (Å²) < 4.78 is 21.4. The van der Waals surface area contributed by atoms with Gasteiger partial charge in [-0.15, -0.1) is 0 Å². The Bertz CT molecular complexity index is 763. The molecule has 1 N–H and O–H groups in total. The maximum Gasteiger partial charge on any atom is 0.228 e. The highest BCUT2D eigenvalue weighted by Crippen LogP contribution is 2.38. The summed E-state index contributed by atoms with van der Waals surface area (Å²) in [4.78, 5) is 12.3. The third-order valence-corrected chi connectivity index (χ3v) is 4.00. The highest BCUT2D eigenvalue weighted by Gasteiger charge is 2.17. The van der Waals surface area contributed by atoms with Crippen LogP contribution in [-0.2, 0) is 16.0 Å². The lowest BCUT2D eigenvalue weighted by Crippen LogP contribution is -2.17. The van der Waals surface area contributed by atoms with Gasteiger partial charge in [0.05, 0.1) is 18.1 Å². The van der Waals surface area contributed by atoms with Gasteiger partial charge in [0.25, 0.3) is 0 Å². The van der Waals surface area contributed by atoms with Crippen LogP contribution < -0.4 is 19.5 Å². The van der Waals surface area contributed by atoms with E-state index in [0.29, 0.717) is 48.6 Å². The van der Waals surface area contributed by atoms with E-state index in [1.807, 2.05) is 0 Å². The van der Waals surface area contributed by atoms with Crippen molar-refractivity contribution in [3.05, 3.63) is 47.0 Å². The maximum atomic E-state index is 12.3. The number of nitrogens with one attached hydrogen (secondary N) is 1. The standard InChI is InChI=1S/C19H20ClNO5/c1-23-6-7-24-15-4-2-14(3-5-15)21-18(22)12-13-10-16(20)19-17(11-13)25-8-9-26-19/h2-5,10-11H,6-9,12H2,1H3,(H,21,22). The lowest BCUT2D eigenvalue weighted by atomic mass is 10.1. The monoisotopic (exact) mass is 377 g/mol. The van der Waals surface area contributed by atoms with Crippen molar-refractivity contribution in [1.82, 2.24) is 0 Å². The van der Waals surface area contributed by atoms with Gasteiger partial charge < -0.3 is 24.3 Å². The molecule has 1 amide bonds. The number of hydrogen-bond donors (Lipinski definition) is 1. The van der Waals surface area contributed by atoms with Gasteiger partial charge in [0.2, 0.25) is 5.91 Å². The molecule has 0 aliphatic carbocycles. The van der Waals surface area contributed by atoms with E-state index in [9.17, 15) is 4.79 Å². The van der Waals surface area contributed by atoms with E-state index in [2.05, 4.69) is 5.32 Å². The Morgan fingerprint density at radius 1 is 1.15 bits per heavy atom. The highest BCUT2D eigenvalue weighted by atomic mass is 35.5. The first-order chi connectivity index (χ1) is 12.7. The molecule has 1 aliphatic heterocycles. The number of halogens is 1. The van der Waals surface area contributed by atoms with Gasteiger partial charge in [-0.1, -0.05) is 11.6 Å². The molecule has 7 heteroatoms. The molecular weight excluding hydrogens is 358 g/mol. The predicted octanol–water partition coefficient (Wildman–Crippen LogP) is 3.32. The van der Waals surface area contributed by atoms with Gasteiger partial charge in [0, 0.05) is 12.8 Å². The van der Waals surface area contributed by atoms with Gasteiger partial charge in [-0.25, -0.2) is 0 Å². The topological polar surface area (TPSA) is 66.0 Å². The third-order valence-electron chi connectivity index (χ3n) is 3.72. The van der Waals surface area contributed by atoms with Crippen molar-refractivity contribution in [1.29, 1.82) is 0 Å². The number of benzene rings is 2. The number of rotatable bonds is 7. The van der Waals surface area contributed by atoms with E-state index < -0.39 is 0 Å². The summed E-state index contributed by atoms with van der Waals surface area (Å²) in [6, 6.07) is 10.7. The van der Waals surface area contributed by atoms with Crippen LogP contribution in [0.25, 0.3) is 0 Å². The molecule has 0 unspecified atom stereocenters. The third kappa shape index (κ3) is 4.80. The summed E-state index contributed by atoms with van der Waals surface area (Å²) >= 11 is 6.20. The molecule has 1 aliphatic rings. The Morgan fingerprint density at radius 3 is 2.69 bits per heavy atom. The fourth-order valence-corrected chi connectivity index (χ4v) is 2.82. The minimum Gasteiger partial charge on any atom is -0.491 e. The maximum absolute atomic E-state index is 12.3.